The number of nitrogens with zero attached hydrogens (tertiary/aromatic N) is 1. The molecule has 0 bridgehead atoms. The maximum atomic E-state index is 13.8. The predicted octanol–water partition coefficient (Wildman–Crippen LogP) is 2.60. The van der Waals surface area contributed by atoms with Crippen LogP contribution < -0.4 is 15.4 Å². The number of nitrogen functional groups attached to an aromatic ring is 1. The van der Waals surface area contributed by atoms with Crippen molar-refractivity contribution in [1.82, 2.24) is 0 Å². The minimum atomic E-state index is -0.321. The van der Waals surface area contributed by atoms with Crippen LogP contribution in [0.3, 0.4) is 0 Å². The lowest BCUT2D eigenvalue weighted by molar-refractivity contribution is 0.416. The highest BCUT2D eigenvalue weighted by Crippen LogP contribution is 2.31. The Hall–Kier alpha value is -1.10. The number of hydrogen-bond acceptors (Lipinski definition) is 4. The van der Waals surface area contributed by atoms with E-state index in [4.69, 9.17) is 10.5 Å². The summed E-state index contributed by atoms with van der Waals surface area (Å²) in [6.07, 6.45) is 2.03. The number of ether oxygens (including phenoxy) is 1. The van der Waals surface area contributed by atoms with Crippen LogP contribution in [0.5, 0.6) is 5.75 Å². The highest BCUT2D eigenvalue weighted by molar-refractivity contribution is 7.98. The van der Waals surface area contributed by atoms with E-state index in [9.17, 15) is 4.39 Å². The van der Waals surface area contributed by atoms with Crippen LogP contribution in [0, 0.1) is 5.82 Å². The molecule has 3 nitrogen and oxygen atoms in total. The van der Waals surface area contributed by atoms with Gasteiger partial charge in [-0.25, -0.2) is 4.39 Å². The highest BCUT2D eigenvalue weighted by atomic mass is 32.2. The Kier molecular flexibility index (Phi) is 4.93. The average Bonchev–Trinajstić information content (AvgIpc) is 2.29. The molecule has 0 aromatic heterocycles. The van der Waals surface area contributed by atoms with E-state index in [-0.39, 0.29) is 11.9 Å². The summed E-state index contributed by atoms with van der Waals surface area (Å²) in [7, 11) is 3.40. The summed E-state index contributed by atoms with van der Waals surface area (Å²) in [5.41, 5.74) is 6.48. The van der Waals surface area contributed by atoms with E-state index in [1.165, 1.54) is 13.2 Å². The van der Waals surface area contributed by atoms with E-state index in [0.29, 0.717) is 17.1 Å². The summed E-state index contributed by atoms with van der Waals surface area (Å²) in [5.74, 6) is 1.12. The fraction of sp³-hybridized carbons (Fsp3) is 0.500. The molecule has 0 heterocycles. The third kappa shape index (κ3) is 3.19. The number of halogens is 1. The van der Waals surface area contributed by atoms with Gasteiger partial charge < -0.3 is 15.4 Å². The number of methoxy groups -OCH3 is 1. The van der Waals surface area contributed by atoms with Gasteiger partial charge >= 0.3 is 0 Å². The molecule has 0 amide bonds. The summed E-state index contributed by atoms with van der Waals surface area (Å²) in [6, 6.07) is 3.19. The Balaban J connectivity index is 3.04. The van der Waals surface area contributed by atoms with E-state index < -0.39 is 0 Å². The summed E-state index contributed by atoms with van der Waals surface area (Å²) < 4.78 is 18.9. The number of rotatable bonds is 5. The van der Waals surface area contributed by atoms with Crippen LogP contribution in [0.2, 0.25) is 0 Å². The number of nitrogens with two attached hydrogens (primary N) is 1. The summed E-state index contributed by atoms with van der Waals surface area (Å²) >= 11 is 1.73. The van der Waals surface area contributed by atoms with Gasteiger partial charge in [-0.2, -0.15) is 11.8 Å². The van der Waals surface area contributed by atoms with Gasteiger partial charge in [0.15, 0.2) is 0 Å². The van der Waals surface area contributed by atoms with Crippen LogP contribution >= 0.6 is 11.8 Å². The van der Waals surface area contributed by atoms with Crippen molar-refractivity contribution in [3.05, 3.63) is 17.9 Å². The maximum Gasteiger partial charge on any atom is 0.148 e. The molecule has 0 aliphatic heterocycles. The van der Waals surface area contributed by atoms with Crippen molar-refractivity contribution >= 4 is 23.1 Å². The van der Waals surface area contributed by atoms with Crippen molar-refractivity contribution in [2.45, 2.75) is 13.0 Å². The van der Waals surface area contributed by atoms with E-state index in [1.807, 2.05) is 18.2 Å². The largest absolute Gasteiger partial charge is 0.495 e. The van der Waals surface area contributed by atoms with Gasteiger partial charge in [0.2, 0.25) is 0 Å². The van der Waals surface area contributed by atoms with E-state index in [0.717, 1.165) is 5.75 Å². The molecule has 17 heavy (non-hydrogen) atoms. The highest BCUT2D eigenvalue weighted by Gasteiger charge is 2.16. The molecule has 1 unspecified atom stereocenters. The third-order valence-electron chi connectivity index (χ3n) is 2.75. The Morgan fingerprint density at radius 3 is 2.71 bits per heavy atom. The molecule has 0 spiro atoms. The van der Waals surface area contributed by atoms with Crippen molar-refractivity contribution in [3.8, 4) is 5.75 Å². The first-order chi connectivity index (χ1) is 8.01. The zero-order chi connectivity index (χ0) is 13.0. The minimum Gasteiger partial charge on any atom is -0.495 e. The molecule has 2 N–H and O–H groups in total. The quantitative estimate of drug-likeness (QED) is 0.824. The summed E-state index contributed by atoms with van der Waals surface area (Å²) in [4.78, 5) is 1.90. The van der Waals surface area contributed by atoms with Gasteiger partial charge in [0.25, 0.3) is 0 Å². The maximum absolute atomic E-state index is 13.8. The van der Waals surface area contributed by atoms with Gasteiger partial charge in [0, 0.05) is 31.0 Å². The van der Waals surface area contributed by atoms with E-state index >= 15 is 0 Å². The molecule has 1 rings (SSSR count). The molecule has 1 atom stereocenters. The number of benzene rings is 1. The van der Waals surface area contributed by atoms with Crippen LogP contribution in [-0.4, -0.2) is 32.2 Å². The molecule has 0 saturated carbocycles. The second-order valence-corrected chi connectivity index (χ2v) is 4.87. The molecule has 0 aliphatic rings. The topological polar surface area (TPSA) is 38.5 Å². The fourth-order valence-electron chi connectivity index (χ4n) is 1.60. The molecular weight excluding hydrogens is 239 g/mol. The van der Waals surface area contributed by atoms with Gasteiger partial charge in [-0.1, -0.05) is 0 Å². The Bertz CT molecular complexity index is 387. The predicted molar refractivity (Wildman–Crippen MR) is 73.6 cm³/mol. The number of anilines is 2. The Morgan fingerprint density at radius 1 is 1.53 bits per heavy atom. The lowest BCUT2D eigenvalue weighted by Gasteiger charge is -2.27. The molecule has 0 fully saturated rings. The SMILES string of the molecule is COc1cc(N(C)C(C)CSC)c(F)cc1N. The van der Waals surface area contributed by atoms with Crippen LogP contribution in [-0.2, 0) is 0 Å². The Morgan fingerprint density at radius 2 is 2.18 bits per heavy atom. The van der Waals surface area contributed by atoms with Crippen molar-refractivity contribution < 1.29 is 9.13 Å². The van der Waals surface area contributed by atoms with Gasteiger partial charge in [-0.05, 0) is 13.2 Å². The van der Waals surface area contributed by atoms with Crippen LogP contribution in [0.15, 0.2) is 12.1 Å². The van der Waals surface area contributed by atoms with Crippen LogP contribution in [0.1, 0.15) is 6.92 Å². The van der Waals surface area contributed by atoms with E-state index in [2.05, 4.69) is 6.92 Å². The smallest absolute Gasteiger partial charge is 0.148 e. The van der Waals surface area contributed by atoms with Crippen molar-refractivity contribution in [2.24, 2.45) is 0 Å². The fourth-order valence-corrected chi connectivity index (χ4v) is 2.30. The Labute approximate surface area is 106 Å². The first kappa shape index (κ1) is 14.0. The lowest BCUT2D eigenvalue weighted by Crippen LogP contribution is -2.31. The molecule has 0 saturated heterocycles. The zero-order valence-corrected chi connectivity index (χ0v) is 11.5. The van der Waals surface area contributed by atoms with E-state index in [1.54, 1.807) is 17.8 Å². The molecule has 1 aromatic rings. The van der Waals surface area contributed by atoms with Crippen LogP contribution in [0.4, 0.5) is 15.8 Å². The van der Waals surface area contributed by atoms with Gasteiger partial charge in [-0.15, -0.1) is 0 Å². The lowest BCUT2D eigenvalue weighted by atomic mass is 10.2. The van der Waals surface area contributed by atoms with Crippen LogP contribution in [0.25, 0.3) is 0 Å². The normalized spacial score (nSPS) is 12.3. The molecule has 0 aliphatic carbocycles. The second kappa shape index (κ2) is 6.00. The third-order valence-corrected chi connectivity index (χ3v) is 3.56. The number of hydrogen-bond donors (Lipinski definition) is 1. The molecule has 0 radical (unpaired) electrons. The van der Waals surface area contributed by atoms with Crippen molar-refractivity contribution in [2.75, 3.05) is 36.8 Å². The summed E-state index contributed by atoms with van der Waals surface area (Å²) in [5, 5.41) is 0. The second-order valence-electron chi connectivity index (χ2n) is 3.96. The molecular formula is C12H19FN2OS. The molecule has 5 heteroatoms. The number of thioether (sulfide) groups is 1. The first-order valence-electron chi connectivity index (χ1n) is 5.36. The summed E-state index contributed by atoms with van der Waals surface area (Å²) in [6.45, 7) is 2.05. The van der Waals surface area contributed by atoms with Gasteiger partial charge in [-0.3, -0.25) is 0 Å². The average molecular weight is 258 g/mol. The zero-order valence-electron chi connectivity index (χ0n) is 10.7. The standard InChI is InChI=1S/C12H19FN2OS/c1-8(7-17-4)15(2)11-6-12(16-3)10(14)5-9(11)13/h5-6,8H,7,14H2,1-4H3. The van der Waals surface area contributed by atoms with Crippen molar-refractivity contribution in [1.29, 1.82) is 0 Å². The molecule has 96 valence electrons. The van der Waals surface area contributed by atoms with Crippen molar-refractivity contribution in [3.63, 3.8) is 0 Å². The monoisotopic (exact) mass is 258 g/mol. The van der Waals surface area contributed by atoms with Gasteiger partial charge in [0.05, 0.1) is 18.5 Å². The molecule has 1 aromatic carbocycles. The van der Waals surface area contributed by atoms with Gasteiger partial charge in [0.1, 0.15) is 11.6 Å². The minimum absolute atomic E-state index is 0.243. The first-order valence-corrected chi connectivity index (χ1v) is 6.75.